The van der Waals surface area contributed by atoms with Crippen LogP contribution in [-0.2, 0) is 20.4 Å². The highest BCUT2D eigenvalue weighted by atomic mass is 32.2. The zero-order valence-electron chi connectivity index (χ0n) is 16.2. The van der Waals surface area contributed by atoms with Crippen LogP contribution < -0.4 is 5.32 Å². The van der Waals surface area contributed by atoms with Crippen LogP contribution >= 0.6 is 0 Å². The van der Waals surface area contributed by atoms with Gasteiger partial charge in [0.1, 0.15) is 11.6 Å². The minimum absolute atomic E-state index is 0. The summed E-state index contributed by atoms with van der Waals surface area (Å²) in [5, 5.41) is 3.19. The summed E-state index contributed by atoms with van der Waals surface area (Å²) in [6.45, 7) is 0. The molecule has 3 N–H and O–H groups in total. The first-order valence-electron chi connectivity index (χ1n) is 9.84. The summed E-state index contributed by atoms with van der Waals surface area (Å²) >= 11 is 0. The topological polar surface area (TPSA) is 108 Å². The first kappa shape index (κ1) is 21.3. The lowest BCUT2D eigenvalue weighted by Crippen LogP contribution is -2.23. The van der Waals surface area contributed by atoms with E-state index in [1.54, 1.807) is 18.3 Å². The molecule has 0 bridgehead atoms. The lowest BCUT2D eigenvalue weighted by atomic mass is 9.87. The third kappa shape index (κ3) is 5.36. The highest BCUT2D eigenvalue weighted by molar-refractivity contribution is 7.86. The maximum Gasteiger partial charge on any atom is 0.233 e. The van der Waals surface area contributed by atoms with Gasteiger partial charge in [-0.05, 0) is 61.4 Å². The number of carbonyl (C=O) groups is 2. The van der Waals surface area contributed by atoms with Gasteiger partial charge in [0.05, 0.1) is 16.7 Å². The van der Waals surface area contributed by atoms with Crippen LogP contribution in [0.5, 0.6) is 0 Å². The molecular weight excluding hydrogens is 388 g/mol. The van der Waals surface area contributed by atoms with Crippen LogP contribution in [-0.4, -0.2) is 31.6 Å². The monoisotopic (exact) mass is 414 g/mol. The molecule has 7 heteroatoms. The Hall–Kier alpha value is -2.38. The van der Waals surface area contributed by atoms with E-state index in [1.165, 1.54) is 0 Å². The van der Waals surface area contributed by atoms with E-state index in [2.05, 4.69) is 10.3 Å². The van der Waals surface area contributed by atoms with Gasteiger partial charge in [0.2, 0.25) is 5.91 Å². The van der Waals surface area contributed by atoms with E-state index >= 15 is 0 Å². The molecule has 29 heavy (non-hydrogen) atoms. The van der Waals surface area contributed by atoms with Gasteiger partial charge in [-0.3, -0.25) is 13.8 Å². The summed E-state index contributed by atoms with van der Waals surface area (Å²) in [6.07, 6.45) is 6.34. The lowest BCUT2D eigenvalue weighted by Gasteiger charge is -2.20. The van der Waals surface area contributed by atoms with Gasteiger partial charge in [0.15, 0.2) is 0 Å². The molecular formula is C22H26N2O4S. The fraction of sp³-hybridized carbons (Fsp3) is 0.409. The maximum atomic E-state index is 13.0. The van der Waals surface area contributed by atoms with E-state index in [-0.39, 0.29) is 29.0 Å². The highest BCUT2D eigenvalue weighted by Gasteiger charge is 2.31. The fourth-order valence-electron chi connectivity index (χ4n) is 3.78. The van der Waals surface area contributed by atoms with E-state index < -0.39 is 10.8 Å². The number of ketones is 1. The second-order valence-corrected chi connectivity index (χ2v) is 9.44. The minimum Gasteiger partial charge on any atom is -0.412 e. The van der Waals surface area contributed by atoms with Crippen molar-refractivity contribution in [3.05, 3.63) is 54.2 Å². The summed E-state index contributed by atoms with van der Waals surface area (Å²) in [4.78, 5) is 29.7. The van der Waals surface area contributed by atoms with Crippen molar-refractivity contribution in [2.75, 3.05) is 5.32 Å². The molecule has 0 saturated heterocycles. The van der Waals surface area contributed by atoms with E-state index in [9.17, 15) is 13.8 Å². The van der Waals surface area contributed by atoms with Crippen LogP contribution in [0.3, 0.4) is 0 Å². The third-order valence-corrected chi connectivity index (χ3v) is 7.31. The number of aromatic nitrogens is 1. The van der Waals surface area contributed by atoms with E-state index in [0.29, 0.717) is 30.3 Å². The number of anilines is 1. The highest BCUT2D eigenvalue weighted by Crippen LogP contribution is 2.35. The number of hydrogen-bond acceptors (Lipinski definition) is 4. The van der Waals surface area contributed by atoms with Crippen LogP contribution in [0.4, 0.5) is 5.82 Å². The van der Waals surface area contributed by atoms with Gasteiger partial charge in [0, 0.05) is 29.2 Å². The van der Waals surface area contributed by atoms with Gasteiger partial charge in [-0.1, -0.05) is 18.2 Å². The Kier molecular flexibility index (Phi) is 6.92. The smallest absolute Gasteiger partial charge is 0.233 e. The van der Waals surface area contributed by atoms with Gasteiger partial charge < -0.3 is 10.8 Å². The second-order valence-electron chi connectivity index (χ2n) is 7.71. The Labute approximate surface area is 172 Å². The molecule has 1 aromatic carbocycles. The molecule has 154 valence electrons. The number of carbonyl (C=O) groups excluding carboxylic acids is 2. The molecule has 4 rings (SSSR count). The minimum atomic E-state index is -0.952. The second kappa shape index (κ2) is 9.41. The predicted octanol–water partition coefficient (Wildman–Crippen LogP) is 3.01. The van der Waals surface area contributed by atoms with Gasteiger partial charge >= 0.3 is 0 Å². The van der Waals surface area contributed by atoms with Crippen molar-refractivity contribution in [2.45, 2.75) is 54.6 Å². The Morgan fingerprint density at radius 3 is 2.48 bits per heavy atom. The van der Waals surface area contributed by atoms with Crippen LogP contribution in [0, 0.1) is 5.92 Å². The molecule has 6 nitrogen and oxygen atoms in total. The molecule has 2 saturated carbocycles. The normalized spacial score (nSPS) is 20.6. The SMILES string of the molecule is O.O=C1CC[C@H](C[C@@H](C(=O)Nc2ccccn2)c2ccc(S(=O)C3CC3)cc2)C1. The summed E-state index contributed by atoms with van der Waals surface area (Å²) in [5.74, 6) is 0.554. The van der Waals surface area contributed by atoms with E-state index in [4.69, 9.17) is 0 Å². The number of Topliss-reactive ketones (excluding diaryl/α,β-unsaturated/α-hetero) is 1. The van der Waals surface area contributed by atoms with Crippen molar-refractivity contribution >= 4 is 28.3 Å². The summed E-state index contributed by atoms with van der Waals surface area (Å²) < 4.78 is 12.4. The fourth-order valence-corrected chi connectivity index (χ4v) is 5.13. The lowest BCUT2D eigenvalue weighted by molar-refractivity contribution is -0.119. The van der Waals surface area contributed by atoms with Gasteiger partial charge in [-0.2, -0.15) is 0 Å². The first-order chi connectivity index (χ1) is 13.6. The number of rotatable bonds is 7. The molecule has 2 aliphatic carbocycles. The number of nitrogens with zero attached hydrogens (tertiary/aromatic N) is 1. The van der Waals surface area contributed by atoms with Crippen LogP contribution in [0.1, 0.15) is 50.0 Å². The quantitative estimate of drug-likeness (QED) is 0.751. The molecule has 2 aromatic rings. The number of hydrogen-bond donors (Lipinski definition) is 1. The Morgan fingerprint density at radius 2 is 1.90 bits per heavy atom. The van der Waals surface area contributed by atoms with Crippen molar-refractivity contribution in [2.24, 2.45) is 5.92 Å². The zero-order chi connectivity index (χ0) is 19.5. The number of benzene rings is 1. The summed E-state index contributed by atoms with van der Waals surface area (Å²) in [6, 6.07) is 13.0. The number of amides is 1. The van der Waals surface area contributed by atoms with Crippen molar-refractivity contribution < 1.29 is 19.3 Å². The molecule has 1 heterocycles. The van der Waals surface area contributed by atoms with Crippen molar-refractivity contribution in [3.63, 3.8) is 0 Å². The van der Waals surface area contributed by atoms with Gasteiger partial charge in [-0.25, -0.2) is 4.98 Å². The molecule has 3 atom stereocenters. The van der Waals surface area contributed by atoms with Crippen LogP contribution in [0.2, 0.25) is 0 Å². The molecule has 0 aliphatic heterocycles. The molecule has 2 fully saturated rings. The Bertz CT molecular complexity index is 881. The van der Waals surface area contributed by atoms with Crippen LogP contribution in [0.25, 0.3) is 0 Å². The average molecular weight is 415 g/mol. The Balaban J connectivity index is 0.00000240. The zero-order valence-corrected chi connectivity index (χ0v) is 17.0. The number of nitrogens with one attached hydrogen (secondary N) is 1. The Morgan fingerprint density at radius 1 is 1.14 bits per heavy atom. The summed E-state index contributed by atoms with van der Waals surface area (Å²) in [5.41, 5.74) is 0.893. The van der Waals surface area contributed by atoms with Crippen molar-refractivity contribution in [1.29, 1.82) is 0 Å². The molecule has 2 aliphatic rings. The third-order valence-electron chi connectivity index (χ3n) is 5.49. The number of pyridine rings is 1. The maximum absolute atomic E-state index is 13.0. The molecule has 1 aromatic heterocycles. The molecule has 1 unspecified atom stereocenters. The van der Waals surface area contributed by atoms with E-state index in [0.717, 1.165) is 29.7 Å². The van der Waals surface area contributed by atoms with Gasteiger partial charge in [-0.15, -0.1) is 0 Å². The van der Waals surface area contributed by atoms with E-state index in [1.807, 2.05) is 30.3 Å². The predicted molar refractivity (Wildman–Crippen MR) is 112 cm³/mol. The van der Waals surface area contributed by atoms with Crippen LogP contribution in [0.15, 0.2) is 53.6 Å². The van der Waals surface area contributed by atoms with Crippen molar-refractivity contribution in [3.8, 4) is 0 Å². The first-order valence-corrected chi connectivity index (χ1v) is 11.1. The van der Waals surface area contributed by atoms with Crippen molar-refractivity contribution in [1.82, 2.24) is 4.98 Å². The molecule has 0 spiro atoms. The largest absolute Gasteiger partial charge is 0.412 e. The standard InChI is InChI=1S/C22H24N2O3S.H2O/c25-17-7-4-15(13-17)14-20(22(26)24-21-3-1-2-12-23-21)16-5-8-18(9-6-16)28(27)19-10-11-19;/h1-3,5-6,8-9,12,15,19-20H,4,7,10-11,13-14H2,(H,23,24,26);1H2/t15-,20+,28?;/m0./s1. The molecule has 1 amide bonds. The summed E-state index contributed by atoms with van der Waals surface area (Å²) in [7, 11) is -0.952. The van der Waals surface area contributed by atoms with Gasteiger partial charge in [0.25, 0.3) is 0 Å². The average Bonchev–Trinajstić information content (AvgIpc) is 3.48. The molecule has 0 radical (unpaired) electrons.